The molecule has 0 unspecified atom stereocenters. The number of nitriles is 1. The molecular weight excluding hydrogens is 457 g/mol. The molecule has 0 radical (unpaired) electrons. The minimum atomic E-state index is -0.733. The van der Waals surface area contributed by atoms with Crippen LogP contribution < -0.4 is 20.1 Å². The molecule has 1 N–H and O–H groups in total. The molecule has 172 valence electrons. The number of carbonyl (C=O) groups is 2. The van der Waals surface area contributed by atoms with Crippen molar-refractivity contribution in [3.63, 3.8) is 0 Å². The van der Waals surface area contributed by atoms with Crippen LogP contribution in [0.2, 0.25) is 0 Å². The van der Waals surface area contributed by atoms with Crippen LogP contribution >= 0.6 is 11.3 Å². The van der Waals surface area contributed by atoms with E-state index >= 15 is 0 Å². The zero-order valence-corrected chi connectivity index (χ0v) is 19.0. The molecule has 7 nitrogen and oxygen atoms in total. The second-order valence-electron chi connectivity index (χ2n) is 6.88. The predicted molar refractivity (Wildman–Crippen MR) is 128 cm³/mol. The van der Waals surface area contributed by atoms with Crippen LogP contribution in [0.3, 0.4) is 0 Å². The number of nitrogens with zero attached hydrogens (tertiary/aromatic N) is 2. The SMILES string of the molecule is C=CCn1c(=O)/c(=C/c2ccccc2F)s/c1=C(\C#N)C(=O)Nc1ccc(C(=O)OCC)cc1. The van der Waals surface area contributed by atoms with E-state index in [0.717, 1.165) is 11.3 Å². The molecule has 0 atom stereocenters. The number of thiazole rings is 1. The quantitative estimate of drug-likeness (QED) is 0.416. The Labute approximate surface area is 198 Å². The Balaban J connectivity index is 2.05. The summed E-state index contributed by atoms with van der Waals surface area (Å²) in [6, 6.07) is 13.8. The number of rotatable bonds is 7. The molecule has 3 aromatic rings. The van der Waals surface area contributed by atoms with Crippen molar-refractivity contribution in [2.24, 2.45) is 0 Å². The van der Waals surface area contributed by atoms with E-state index < -0.39 is 23.3 Å². The van der Waals surface area contributed by atoms with Gasteiger partial charge in [-0.15, -0.1) is 17.9 Å². The monoisotopic (exact) mass is 477 g/mol. The van der Waals surface area contributed by atoms with Crippen LogP contribution in [0, 0.1) is 17.1 Å². The molecule has 0 saturated carbocycles. The fourth-order valence-corrected chi connectivity index (χ4v) is 4.13. The van der Waals surface area contributed by atoms with E-state index in [4.69, 9.17) is 4.74 Å². The number of halogens is 1. The molecule has 2 aromatic carbocycles. The van der Waals surface area contributed by atoms with Gasteiger partial charge in [0, 0.05) is 17.8 Å². The van der Waals surface area contributed by atoms with E-state index in [-0.39, 0.29) is 33.5 Å². The van der Waals surface area contributed by atoms with Crippen LogP contribution in [0.25, 0.3) is 11.6 Å². The van der Waals surface area contributed by atoms with Gasteiger partial charge in [0.15, 0.2) is 5.57 Å². The topological polar surface area (TPSA) is 101 Å². The van der Waals surface area contributed by atoms with Gasteiger partial charge in [0.25, 0.3) is 11.5 Å². The van der Waals surface area contributed by atoms with Crippen molar-refractivity contribution in [3.8, 4) is 6.07 Å². The van der Waals surface area contributed by atoms with E-state index in [0.29, 0.717) is 11.3 Å². The van der Waals surface area contributed by atoms with E-state index in [1.54, 1.807) is 13.0 Å². The lowest BCUT2D eigenvalue weighted by Gasteiger charge is -2.06. The van der Waals surface area contributed by atoms with Gasteiger partial charge >= 0.3 is 5.97 Å². The fourth-order valence-electron chi connectivity index (χ4n) is 3.03. The smallest absolute Gasteiger partial charge is 0.338 e. The number of anilines is 1. The van der Waals surface area contributed by atoms with Crippen molar-refractivity contribution in [3.05, 3.63) is 97.7 Å². The molecule has 0 bridgehead atoms. The average molecular weight is 478 g/mol. The molecule has 1 amide bonds. The maximum Gasteiger partial charge on any atom is 0.338 e. The minimum absolute atomic E-state index is 0.0580. The molecular formula is C25H20FN3O4S. The summed E-state index contributed by atoms with van der Waals surface area (Å²) in [5.74, 6) is -1.72. The zero-order chi connectivity index (χ0) is 24.7. The highest BCUT2D eigenvalue weighted by molar-refractivity contribution is 7.07. The Morgan fingerprint density at radius 3 is 2.56 bits per heavy atom. The largest absolute Gasteiger partial charge is 0.462 e. The Hall–Kier alpha value is -4.29. The lowest BCUT2D eigenvalue weighted by Crippen LogP contribution is -2.33. The summed E-state index contributed by atoms with van der Waals surface area (Å²) >= 11 is 0.912. The molecule has 1 heterocycles. The first-order valence-electron chi connectivity index (χ1n) is 10.2. The van der Waals surface area contributed by atoms with Crippen LogP contribution in [-0.2, 0) is 16.1 Å². The first-order valence-corrected chi connectivity index (χ1v) is 11.0. The van der Waals surface area contributed by atoms with Gasteiger partial charge in [0.05, 0.1) is 16.7 Å². The summed E-state index contributed by atoms with van der Waals surface area (Å²) in [6.45, 7) is 5.61. The van der Waals surface area contributed by atoms with E-state index in [9.17, 15) is 24.0 Å². The molecule has 1 aromatic heterocycles. The molecule has 0 aliphatic rings. The number of allylic oxidation sites excluding steroid dienone is 1. The van der Waals surface area contributed by atoms with Gasteiger partial charge in [0.1, 0.15) is 16.5 Å². The Morgan fingerprint density at radius 2 is 1.94 bits per heavy atom. The molecule has 0 aliphatic carbocycles. The summed E-state index contributed by atoms with van der Waals surface area (Å²) in [5.41, 5.74) is 0.116. The maximum absolute atomic E-state index is 14.1. The van der Waals surface area contributed by atoms with Crippen LogP contribution in [-0.4, -0.2) is 23.1 Å². The first kappa shape index (κ1) is 24.4. The molecule has 0 aliphatic heterocycles. The van der Waals surface area contributed by atoms with Gasteiger partial charge in [-0.25, -0.2) is 9.18 Å². The summed E-state index contributed by atoms with van der Waals surface area (Å²) in [5, 5.41) is 12.3. The van der Waals surface area contributed by atoms with Gasteiger partial charge < -0.3 is 10.1 Å². The number of ether oxygens (including phenoxy) is 1. The van der Waals surface area contributed by atoms with Crippen molar-refractivity contribution < 1.29 is 18.7 Å². The Bertz CT molecular complexity index is 1460. The van der Waals surface area contributed by atoms with Gasteiger partial charge in [-0.2, -0.15) is 5.26 Å². The van der Waals surface area contributed by atoms with Crippen LogP contribution in [0.5, 0.6) is 0 Å². The van der Waals surface area contributed by atoms with E-state index in [1.807, 2.05) is 6.07 Å². The minimum Gasteiger partial charge on any atom is -0.462 e. The first-order chi connectivity index (χ1) is 16.4. The van der Waals surface area contributed by atoms with Crippen molar-refractivity contribution in [1.29, 1.82) is 5.26 Å². The number of hydrogen-bond acceptors (Lipinski definition) is 6. The van der Waals surface area contributed by atoms with Crippen molar-refractivity contribution in [2.45, 2.75) is 13.5 Å². The van der Waals surface area contributed by atoms with Gasteiger partial charge in [-0.3, -0.25) is 14.2 Å². The number of nitrogens with one attached hydrogen (secondary N) is 1. The van der Waals surface area contributed by atoms with E-state index in [1.165, 1.54) is 59.2 Å². The molecule has 0 spiro atoms. The van der Waals surface area contributed by atoms with Crippen LogP contribution in [0.1, 0.15) is 22.8 Å². The lowest BCUT2D eigenvalue weighted by molar-refractivity contribution is -0.111. The lowest BCUT2D eigenvalue weighted by atomic mass is 10.2. The average Bonchev–Trinajstić information content (AvgIpc) is 3.12. The number of aromatic nitrogens is 1. The summed E-state index contributed by atoms with van der Waals surface area (Å²) in [4.78, 5) is 37.6. The van der Waals surface area contributed by atoms with Crippen molar-refractivity contribution >= 4 is 40.5 Å². The second kappa shape index (κ2) is 11.0. The van der Waals surface area contributed by atoms with Gasteiger partial charge in [-0.05, 0) is 43.3 Å². The maximum atomic E-state index is 14.1. The van der Waals surface area contributed by atoms with Gasteiger partial charge in [-0.1, -0.05) is 24.3 Å². The number of benzene rings is 2. The molecule has 0 saturated heterocycles. The Kier molecular flexibility index (Phi) is 7.90. The highest BCUT2D eigenvalue weighted by Gasteiger charge is 2.16. The standard InChI is InChI=1S/C25H20FN3O4S/c1-3-13-29-23(31)21(14-17-7-5-6-8-20(17)26)34-24(29)19(15-27)22(30)28-18-11-9-16(10-12-18)25(32)33-4-2/h3,5-12,14H,1,4,13H2,2H3,(H,28,30)/b21-14-,24-19+. The zero-order valence-electron chi connectivity index (χ0n) is 18.2. The number of hydrogen-bond donors (Lipinski definition) is 1. The second-order valence-corrected chi connectivity index (χ2v) is 7.91. The van der Waals surface area contributed by atoms with Crippen molar-refractivity contribution in [1.82, 2.24) is 4.57 Å². The predicted octanol–water partition coefficient (Wildman–Crippen LogP) is 2.55. The number of amides is 1. The number of carbonyl (C=O) groups excluding carboxylic acids is 2. The highest BCUT2D eigenvalue weighted by Crippen LogP contribution is 2.12. The normalized spacial score (nSPS) is 12.0. The Morgan fingerprint density at radius 1 is 1.24 bits per heavy atom. The highest BCUT2D eigenvalue weighted by atomic mass is 32.1. The van der Waals surface area contributed by atoms with Crippen LogP contribution in [0.4, 0.5) is 10.1 Å². The third-order valence-corrected chi connectivity index (χ3v) is 5.75. The molecule has 9 heteroatoms. The summed E-state index contributed by atoms with van der Waals surface area (Å²) < 4.78 is 20.5. The summed E-state index contributed by atoms with van der Waals surface area (Å²) in [6.07, 6.45) is 2.85. The van der Waals surface area contributed by atoms with Gasteiger partial charge in [0.2, 0.25) is 0 Å². The third-order valence-electron chi connectivity index (χ3n) is 4.62. The molecule has 34 heavy (non-hydrogen) atoms. The summed E-state index contributed by atoms with van der Waals surface area (Å²) in [7, 11) is 0. The fraction of sp³-hybridized carbons (Fsp3) is 0.120. The van der Waals surface area contributed by atoms with Crippen molar-refractivity contribution in [2.75, 3.05) is 11.9 Å². The third kappa shape index (κ3) is 5.36. The molecule has 3 rings (SSSR count). The number of esters is 1. The van der Waals surface area contributed by atoms with Crippen LogP contribution in [0.15, 0.2) is 66.0 Å². The molecule has 0 fully saturated rings. The van der Waals surface area contributed by atoms with E-state index in [2.05, 4.69) is 11.9 Å².